The predicted octanol–water partition coefficient (Wildman–Crippen LogP) is 11.2. The third-order valence-electron chi connectivity index (χ3n) is 12.5. The van der Waals surface area contributed by atoms with Gasteiger partial charge in [-0.25, -0.2) is 0 Å². The van der Waals surface area contributed by atoms with Crippen molar-refractivity contribution in [3.63, 3.8) is 0 Å². The maximum absolute atomic E-state index is 6.19. The first-order valence-electron chi connectivity index (χ1n) is 18.4. The van der Waals surface area contributed by atoms with Crippen molar-refractivity contribution >= 4 is 0 Å². The molecule has 0 aromatic rings. The van der Waals surface area contributed by atoms with E-state index in [9.17, 15) is 0 Å². The first-order chi connectivity index (χ1) is 19.5. The van der Waals surface area contributed by atoms with E-state index in [-0.39, 0.29) is 0 Å². The molecule has 3 saturated heterocycles. The van der Waals surface area contributed by atoms with Crippen molar-refractivity contribution < 1.29 is 14.2 Å². The van der Waals surface area contributed by atoms with Gasteiger partial charge in [0.25, 0.3) is 0 Å². The molecule has 42 heavy (non-hydrogen) atoms. The molecule has 3 rings (SSSR count). The van der Waals surface area contributed by atoms with Crippen LogP contribution in [0.4, 0.5) is 0 Å². The molecular formula is C39H78O3. The number of rotatable bonds is 6. The molecule has 3 nitrogen and oxygen atoms in total. The van der Waals surface area contributed by atoms with Crippen molar-refractivity contribution in [3.8, 4) is 0 Å². The second kappa shape index (κ2) is 18.1. The normalized spacial score (nSPS) is 44.4. The summed E-state index contributed by atoms with van der Waals surface area (Å²) in [6.45, 7) is 41.6. The van der Waals surface area contributed by atoms with Crippen molar-refractivity contribution in [2.45, 2.75) is 181 Å². The Hall–Kier alpha value is -0.120. The predicted molar refractivity (Wildman–Crippen MR) is 184 cm³/mol. The Morgan fingerprint density at radius 2 is 0.524 bits per heavy atom. The molecule has 0 aromatic carbocycles. The van der Waals surface area contributed by atoms with E-state index >= 15 is 0 Å². The fraction of sp³-hybridized carbons (Fsp3) is 1.00. The van der Waals surface area contributed by atoms with E-state index in [4.69, 9.17) is 14.2 Å². The quantitative estimate of drug-likeness (QED) is 0.306. The molecule has 0 aliphatic carbocycles. The Labute approximate surface area is 265 Å². The second-order valence-corrected chi connectivity index (χ2v) is 16.1. The summed E-state index contributed by atoms with van der Waals surface area (Å²) < 4.78 is 18.6. The van der Waals surface area contributed by atoms with Crippen molar-refractivity contribution in [3.05, 3.63) is 0 Å². The highest BCUT2D eigenvalue weighted by atomic mass is 16.5. The minimum atomic E-state index is 0.464. The van der Waals surface area contributed by atoms with Gasteiger partial charge in [-0.3, -0.25) is 0 Å². The van der Waals surface area contributed by atoms with Crippen molar-refractivity contribution in [1.29, 1.82) is 0 Å². The standard InChI is InChI=1S/3C13H26O/c3*1-7-12-10(5)9(4)11(6)13(14-12)8(2)3/h3*8-13H,7H2,1-6H3/t9?,10-,11-,12?,13?;9?,10-,11-,12?,13+;9?,10-,11-,12?,13-/m111/s1. The molecule has 3 fully saturated rings. The largest absolute Gasteiger partial charge is 0.374 e. The highest BCUT2D eigenvalue weighted by Gasteiger charge is 2.41. The summed E-state index contributed by atoms with van der Waals surface area (Å²) in [4.78, 5) is 0. The fourth-order valence-corrected chi connectivity index (χ4v) is 8.40. The molecule has 3 heteroatoms. The van der Waals surface area contributed by atoms with Crippen molar-refractivity contribution in [2.24, 2.45) is 71.0 Å². The Morgan fingerprint density at radius 1 is 0.333 bits per heavy atom. The number of hydrogen-bond acceptors (Lipinski definition) is 3. The molecule has 0 saturated carbocycles. The van der Waals surface area contributed by atoms with Crippen LogP contribution in [0.3, 0.4) is 0 Å². The summed E-state index contributed by atoms with van der Waals surface area (Å²) in [6.07, 6.45) is 6.30. The molecule has 0 bridgehead atoms. The molecule has 0 spiro atoms. The van der Waals surface area contributed by atoms with Crippen LogP contribution in [0.5, 0.6) is 0 Å². The molecule has 7 unspecified atom stereocenters. The first-order valence-corrected chi connectivity index (χ1v) is 18.4. The van der Waals surface area contributed by atoms with Gasteiger partial charge in [-0.15, -0.1) is 0 Å². The van der Waals surface area contributed by atoms with Gasteiger partial charge in [-0.2, -0.15) is 0 Å². The Balaban J connectivity index is 0.000000315. The monoisotopic (exact) mass is 595 g/mol. The molecule has 0 N–H and O–H groups in total. The van der Waals surface area contributed by atoms with E-state index in [2.05, 4.69) is 125 Å². The molecular weight excluding hydrogens is 516 g/mol. The zero-order valence-electron chi connectivity index (χ0n) is 31.7. The number of hydrogen-bond donors (Lipinski definition) is 0. The molecule has 15 atom stereocenters. The zero-order chi connectivity index (χ0) is 32.6. The summed E-state index contributed by atoms with van der Waals surface area (Å²) in [5.41, 5.74) is 0. The van der Waals surface area contributed by atoms with Gasteiger partial charge in [-0.1, -0.05) is 125 Å². The summed E-state index contributed by atoms with van der Waals surface area (Å²) in [5, 5.41) is 0. The summed E-state index contributed by atoms with van der Waals surface area (Å²) in [5.74, 6) is 8.56. The van der Waals surface area contributed by atoms with Gasteiger partial charge in [0.05, 0.1) is 36.6 Å². The molecule has 0 radical (unpaired) electrons. The van der Waals surface area contributed by atoms with Crippen LogP contribution in [0.15, 0.2) is 0 Å². The van der Waals surface area contributed by atoms with E-state index in [1.165, 1.54) is 0 Å². The molecule has 252 valence electrons. The van der Waals surface area contributed by atoms with Crippen LogP contribution in [-0.4, -0.2) is 36.6 Å². The maximum Gasteiger partial charge on any atom is 0.0630 e. The minimum absolute atomic E-state index is 0.464. The van der Waals surface area contributed by atoms with Gasteiger partial charge in [0.2, 0.25) is 0 Å². The van der Waals surface area contributed by atoms with Gasteiger partial charge >= 0.3 is 0 Å². The third-order valence-corrected chi connectivity index (χ3v) is 12.5. The Bertz CT molecular complexity index is 617. The summed E-state index contributed by atoms with van der Waals surface area (Å²) in [6, 6.07) is 0. The minimum Gasteiger partial charge on any atom is -0.374 e. The molecule has 3 aliphatic heterocycles. The second-order valence-electron chi connectivity index (χ2n) is 16.1. The average molecular weight is 595 g/mol. The molecule has 0 amide bonds. The van der Waals surface area contributed by atoms with Gasteiger partial charge in [0, 0.05) is 0 Å². The van der Waals surface area contributed by atoms with Gasteiger partial charge in [0.15, 0.2) is 0 Å². The van der Waals surface area contributed by atoms with E-state index in [0.717, 1.165) is 37.0 Å². The summed E-state index contributed by atoms with van der Waals surface area (Å²) in [7, 11) is 0. The van der Waals surface area contributed by atoms with E-state index in [1.807, 2.05) is 0 Å². The fourth-order valence-electron chi connectivity index (χ4n) is 8.40. The average Bonchev–Trinajstić information content (AvgIpc) is 2.94. The third kappa shape index (κ3) is 9.94. The van der Waals surface area contributed by atoms with Crippen LogP contribution in [0.1, 0.15) is 144 Å². The lowest BCUT2D eigenvalue weighted by Crippen LogP contribution is -2.46. The first kappa shape index (κ1) is 39.9. The van der Waals surface area contributed by atoms with E-state index in [0.29, 0.717) is 89.9 Å². The van der Waals surface area contributed by atoms with Crippen molar-refractivity contribution in [1.82, 2.24) is 0 Å². The van der Waals surface area contributed by atoms with Crippen LogP contribution in [0.25, 0.3) is 0 Å². The van der Waals surface area contributed by atoms with E-state index < -0.39 is 0 Å². The zero-order valence-corrected chi connectivity index (χ0v) is 31.7. The van der Waals surface area contributed by atoms with Crippen LogP contribution in [-0.2, 0) is 14.2 Å². The lowest BCUT2D eigenvalue weighted by molar-refractivity contribution is -0.150. The van der Waals surface area contributed by atoms with Crippen LogP contribution >= 0.6 is 0 Å². The Morgan fingerprint density at radius 3 is 0.667 bits per heavy atom. The highest BCUT2D eigenvalue weighted by Crippen LogP contribution is 2.40. The Kier molecular flexibility index (Phi) is 17.2. The number of ether oxygens (including phenoxy) is 3. The lowest BCUT2D eigenvalue weighted by atomic mass is 9.73. The van der Waals surface area contributed by atoms with E-state index in [1.54, 1.807) is 0 Å². The van der Waals surface area contributed by atoms with Crippen molar-refractivity contribution in [2.75, 3.05) is 0 Å². The summed E-state index contributed by atoms with van der Waals surface area (Å²) >= 11 is 0. The maximum atomic E-state index is 6.19. The van der Waals surface area contributed by atoms with Crippen LogP contribution in [0, 0.1) is 71.0 Å². The van der Waals surface area contributed by atoms with Gasteiger partial charge in [0.1, 0.15) is 0 Å². The topological polar surface area (TPSA) is 27.7 Å². The smallest absolute Gasteiger partial charge is 0.0630 e. The van der Waals surface area contributed by atoms with Gasteiger partial charge in [-0.05, 0) is 90.3 Å². The molecule has 3 aliphatic rings. The molecule has 0 aromatic heterocycles. The van der Waals surface area contributed by atoms with Crippen LogP contribution in [0.2, 0.25) is 0 Å². The molecule has 3 heterocycles. The van der Waals surface area contributed by atoms with Gasteiger partial charge < -0.3 is 14.2 Å². The highest BCUT2D eigenvalue weighted by molar-refractivity contribution is 4.88. The van der Waals surface area contributed by atoms with Crippen LogP contribution < -0.4 is 0 Å². The lowest BCUT2D eigenvalue weighted by Gasteiger charge is -2.45. The SMILES string of the molecule is CCC1OC(C(C)C)[C@H](C)C(C)[C@H]1C.CCC1O[C@@H](C(C)C)[C@H](C)C(C)[C@H]1C.CCC1O[C@H](C(C)C)[C@H](C)C(C)[C@H]1C.